The van der Waals surface area contributed by atoms with Crippen LogP contribution in [0.15, 0.2) is 35.4 Å². The van der Waals surface area contributed by atoms with Gasteiger partial charge in [-0.1, -0.05) is 13.8 Å². The molecule has 1 unspecified atom stereocenters. The summed E-state index contributed by atoms with van der Waals surface area (Å²) in [5.74, 6) is 2.33. The molecule has 0 spiro atoms. The molecule has 1 N–H and O–H groups in total. The molecule has 1 aromatic heterocycles. The standard InChI is InChI=1S/C28H43N5O3S/c1-7-32(8-2)20-23-11-15-33(16-12-23)26-10-9-24(19-29-26)30-27(34)13-14-31(5)37(35)28-21(3)17-25(36-6)18-22(28)4/h9-10,17-19,23H,7-8,11-16,20H2,1-6H3,(H,30,34). The molecule has 1 aromatic carbocycles. The van der Waals surface area contributed by atoms with Gasteiger partial charge in [0.05, 0.1) is 23.9 Å². The lowest BCUT2D eigenvalue weighted by atomic mass is 9.96. The number of piperidine rings is 1. The number of nitrogens with one attached hydrogen (secondary N) is 1. The molecular weight excluding hydrogens is 486 g/mol. The Hall–Kier alpha value is -2.49. The summed E-state index contributed by atoms with van der Waals surface area (Å²) < 4.78 is 20.1. The van der Waals surface area contributed by atoms with E-state index in [0.717, 1.165) is 59.7 Å². The maximum atomic E-state index is 13.1. The first-order valence-corrected chi connectivity index (χ1v) is 14.4. The highest BCUT2D eigenvalue weighted by Crippen LogP contribution is 2.26. The largest absolute Gasteiger partial charge is 0.497 e. The molecule has 0 aliphatic carbocycles. The Labute approximate surface area is 225 Å². The van der Waals surface area contributed by atoms with Crippen molar-refractivity contribution < 1.29 is 13.7 Å². The third-order valence-electron chi connectivity index (χ3n) is 7.16. The van der Waals surface area contributed by atoms with Gasteiger partial charge in [-0.05, 0) is 81.1 Å². The quantitative estimate of drug-likeness (QED) is 0.443. The van der Waals surface area contributed by atoms with Crippen LogP contribution in [0.5, 0.6) is 5.75 Å². The van der Waals surface area contributed by atoms with E-state index in [0.29, 0.717) is 12.2 Å². The average Bonchev–Trinajstić information content (AvgIpc) is 2.90. The predicted octanol–water partition coefficient (Wildman–Crippen LogP) is 4.25. The van der Waals surface area contributed by atoms with E-state index in [2.05, 4.69) is 33.9 Å². The number of carbonyl (C=O) groups is 1. The summed E-state index contributed by atoms with van der Waals surface area (Å²) in [4.78, 5) is 22.8. The number of carbonyl (C=O) groups excluding carboxylic acids is 1. The number of amides is 1. The number of nitrogens with zero attached hydrogens (tertiary/aromatic N) is 4. The molecule has 1 amide bonds. The Morgan fingerprint density at radius 2 is 1.81 bits per heavy atom. The first-order chi connectivity index (χ1) is 17.7. The number of rotatable bonds is 12. The van der Waals surface area contributed by atoms with Crippen molar-refractivity contribution in [3.63, 3.8) is 0 Å². The Bertz CT molecular complexity index is 1030. The second kappa shape index (κ2) is 13.9. The molecule has 1 aliphatic heterocycles. The fourth-order valence-corrected chi connectivity index (χ4v) is 6.10. The van der Waals surface area contributed by atoms with E-state index in [-0.39, 0.29) is 12.3 Å². The SMILES string of the molecule is CCN(CC)CC1CCN(c2ccc(NC(=O)CCN(C)S(=O)c3c(C)cc(OC)cc3C)cn2)CC1. The van der Waals surface area contributed by atoms with Crippen LogP contribution in [-0.4, -0.2) is 77.7 Å². The van der Waals surface area contributed by atoms with Crippen molar-refractivity contribution in [1.82, 2.24) is 14.2 Å². The number of aromatic nitrogens is 1. The predicted molar refractivity (Wildman–Crippen MR) is 152 cm³/mol. The smallest absolute Gasteiger partial charge is 0.225 e. The van der Waals surface area contributed by atoms with Gasteiger partial charge in [0, 0.05) is 39.6 Å². The van der Waals surface area contributed by atoms with Crippen molar-refractivity contribution in [3.05, 3.63) is 41.6 Å². The zero-order valence-corrected chi connectivity index (χ0v) is 24.1. The normalized spacial score (nSPS) is 15.3. The van der Waals surface area contributed by atoms with E-state index in [9.17, 15) is 9.00 Å². The molecule has 8 nitrogen and oxygen atoms in total. The summed E-state index contributed by atoms with van der Waals surface area (Å²) in [6.45, 7) is 14.1. The number of ether oxygens (including phenoxy) is 1. The van der Waals surface area contributed by atoms with Gasteiger partial charge in [0.2, 0.25) is 5.91 Å². The molecule has 0 radical (unpaired) electrons. The molecule has 3 rings (SSSR count). The van der Waals surface area contributed by atoms with Crippen molar-refractivity contribution in [3.8, 4) is 5.75 Å². The van der Waals surface area contributed by atoms with Crippen LogP contribution in [0, 0.1) is 19.8 Å². The van der Waals surface area contributed by atoms with E-state index in [1.54, 1.807) is 24.7 Å². The van der Waals surface area contributed by atoms with Crippen molar-refractivity contribution in [2.45, 2.75) is 51.9 Å². The lowest BCUT2D eigenvalue weighted by Crippen LogP contribution is -2.39. The summed E-state index contributed by atoms with van der Waals surface area (Å²) in [5, 5.41) is 2.92. The van der Waals surface area contributed by atoms with Crippen molar-refractivity contribution in [1.29, 1.82) is 0 Å². The highest BCUT2D eigenvalue weighted by Gasteiger charge is 2.22. The van der Waals surface area contributed by atoms with Gasteiger partial charge in [-0.2, -0.15) is 0 Å². The Morgan fingerprint density at radius 1 is 1.16 bits per heavy atom. The van der Waals surface area contributed by atoms with Gasteiger partial charge < -0.3 is 19.9 Å². The minimum atomic E-state index is -1.36. The third-order valence-corrected chi connectivity index (χ3v) is 8.90. The number of hydrogen-bond donors (Lipinski definition) is 1. The fourth-order valence-electron chi connectivity index (χ4n) is 4.86. The molecular formula is C28H43N5O3S. The van der Waals surface area contributed by atoms with Gasteiger partial charge >= 0.3 is 0 Å². The first-order valence-electron chi connectivity index (χ1n) is 13.3. The minimum absolute atomic E-state index is 0.126. The lowest BCUT2D eigenvalue weighted by Gasteiger charge is -2.35. The molecule has 204 valence electrons. The number of aryl methyl sites for hydroxylation is 2. The summed E-state index contributed by atoms with van der Waals surface area (Å²) >= 11 is 0. The molecule has 1 aliphatic rings. The van der Waals surface area contributed by atoms with E-state index in [4.69, 9.17) is 4.74 Å². The average molecular weight is 530 g/mol. The number of methoxy groups -OCH3 is 1. The molecule has 9 heteroatoms. The van der Waals surface area contributed by atoms with E-state index < -0.39 is 11.0 Å². The maximum Gasteiger partial charge on any atom is 0.225 e. The molecule has 0 bridgehead atoms. The fraction of sp³-hybridized carbons (Fsp3) is 0.571. The van der Waals surface area contributed by atoms with Gasteiger partial charge in [-0.25, -0.2) is 13.5 Å². The van der Waals surface area contributed by atoms with Gasteiger partial charge in [-0.3, -0.25) is 4.79 Å². The maximum absolute atomic E-state index is 13.1. The van der Waals surface area contributed by atoms with Crippen LogP contribution in [-0.2, 0) is 15.8 Å². The Kier molecular flexibility index (Phi) is 10.9. The van der Waals surface area contributed by atoms with Gasteiger partial charge in [0.1, 0.15) is 22.6 Å². The molecule has 1 atom stereocenters. The minimum Gasteiger partial charge on any atom is -0.497 e. The van der Waals surface area contributed by atoms with Gasteiger partial charge in [-0.15, -0.1) is 0 Å². The topological polar surface area (TPSA) is 78.0 Å². The highest BCUT2D eigenvalue weighted by atomic mass is 32.2. The first kappa shape index (κ1) is 29.1. The van der Waals surface area contributed by atoms with Crippen molar-refractivity contribution in [2.75, 3.05) is 63.6 Å². The van der Waals surface area contributed by atoms with Gasteiger partial charge in [0.15, 0.2) is 0 Å². The highest BCUT2D eigenvalue weighted by molar-refractivity contribution is 7.82. The lowest BCUT2D eigenvalue weighted by molar-refractivity contribution is -0.116. The monoisotopic (exact) mass is 529 g/mol. The summed E-state index contributed by atoms with van der Waals surface area (Å²) in [6, 6.07) is 7.66. The molecule has 2 heterocycles. The van der Waals surface area contributed by atoms with Crippen LogP contribution < -0.4 is 15.0 Å². The molecule has 2 aromatic rings. The summed E-state index contributed by atoms with van der Waals surface area (Å²) in [5.41, 5.74) is 2.49. The van der Waals surface area contributed by atoms with Gasteiger partial charge in [0.25, 0.3) is 0 Å². The summed E-state index contributed by atoms with van der Waals surface area (Å²) in [6.07, 6.45) is 4.32. The summed E-state index contributed by atoms with van der Waals surface area (Å²) in [7, 11) is 2.03. The Morgan fingerprint density at radius 3 is 2.35 bits per heavy atom. The number of pyridine rings is 1. The second-order valence-corrected chi connectivity index (χ2v) is 11.3. The van der Waals surface area contributed by atoms with Crippen LogP contribution in [0.3, 0.4) is 0 Å². The zero-order chi connectivity index (χ0) is 26.9. The van der Waals surface area contributed by atoms with Crippen LogP contribution in [0.4, 0.5) is 11.5 Å². The van der Waals surface area contributed by atoms with Crippen LogP contribution in [0.1, 0.15) is 44.2 Å². The molecule has 0 saturated carbocycles. The van der Waals surface area contributed by atoms with E-state index in [1.807, 2.05) is 38.1 Å². The van der Waals surface area contributed by atoms with Crippen LogP contribution >= 0.6 is 0 Å². The van der Waals surface area contributed by atoms with Crippen molar-refractivity contribution in [2.24, 2.45) is 5.92 Å². The molecule has 1 fully saturated rings. The molecule has 1 saturated heterocycles. The number of benzene rings is 1. The third kappa shape index (κ3) is 7.99. The van der Waals surface area contributed by atoms with E-state index in [1.165, 1.54) is 19.4 Å². The number of hydrogen-bond acceptors (Lipinski definition) is 6. The van der Waals surface area contributed by atoms with Crippen LogP contribution in [0.2, 0.25) is 0 Å². The van der Waals surface area contributed by atoms with Crippen LogP contribution in [0.25, 0.3) is 0 Å². The molecule has 37 heavy (non-hydrogen) atoms. The number of anilines is 2. The zero-order valence-electron chi connectivity index (χ0n) is 23.2. The Balaban J connectivity index is 1.46. The van der Waals surface area contributed by atoms with E-state index >= 15 is 0 Å². The van der Waals surface area contributed by atoms with Crippen molar-refractivity contribution >= 4 is 28.4 Å². The second-order valence-electron chi connectivity index (χ2n) is 9.81.